The molecule has 0 radical (unpaired) electrons. The number of imidazole rings is 1. The topological polar surface area (TPSA) is 45.5 Å². The van der Waals surface area contributed by atoms with Crippen molar-refractivity contribution in [1.29, 1.82) is 0 Å². The number of hydrogen-bond acceptors (Lipinski definition) is 3. The Labute approximate surface area is 125 Å². The minimum atomic E-state index is 0.705. The maximum atomic E-state index is 4.42. The van der Waals surface area contributed by atoms with Crippen LogP contribution < -0.4 is 5.32 Å². The molecule has 0 bridgehead atoms. The molecule has 20 heavy (non-hydrogen) atoms. The molecule has 1 fully saturated rings. The lowest BCUT2D eigenvalue weighted by atomic mass is 10.1. The Kier molecular flexibility index (Phi) is 5.76. The Morgan fingerprint density at radius 3 is 3.05 bits per heavy atom. The summed E-state index contributed by atoms with van der Waals surface area (Å²) in [4.78, 5) is 10.9. The van der Waals surface area contributed by atoms with Gasteiger partial charge in [-0.3, -0.25) is 4.99 Å². The minimum absolute atomic E-state index is 0.705. The van der Waals surface area contributed by atoms with Crippen LogP contribution in [-0.2, 0) is 6.54 Å². The number of thioether (sulfide) groups is 1. The number of aliphatic imine (C=N–C) groups is 1. The van der Waals surface area contributed by atoms with Crippen LogP contribution in [0.2, 0.25) is 0 Å². The SMILES string of the molecule is CN=C(NCCn1ccnc1)N1CCSC(C(C)C)C1. The number of nitrogens with zero attached hydrogens (tertiary/aromatic N) is 4. The molecule has 0 spiro atoms. The summed E-state index contributed by atoms with van der Waals surface area (Å²) < 4.78 is 2.07. The largest absolute Gasteiger partial charge is 0.354 e. The van der Waals surface area contributed by atoms with Crippen LogP contribution in [0.5, 0.6) is 0 Å². The summed E-state index contributed by atoms with van der Waals surface area (Å²) in [5, 5.41) is 4.16. The summed E-state index contributed by atoms with van der Waals surface area (Å²) in [6, 6.07) is 0. The second-order valence-electron chi connectivity index (χ2n) is 5.37. The monoisotopic (exact) mass is 295 g/mol. The van der Waals surface area contributed by atoms with Crippen LogP contribution in [-0.4, -0.2) is 58.1 Å². The van der Waals surface area contributed by atoms with E-state index in [0.717, 1.165) is 32.1 Å². The molecule has 0 saturated carbocycles. The van der Waals surface area contributed by atoms with Gasteiger partial charge >= 0.3 is 0 Å². The quantitative estimate of drug-likeness (QED) is 0.676. The molecule has 0 aromatic carbocycles. The number of rotatable bonds is 4. The Hall–Kier alpha value is -1.17. The highest BCUT2D eigenvalue weighted by Crippen LogP contribution is 2.24. The predicted octanol–water partition coefficient (Wildman–Crippen LogP) is 1.53. The summed E-state index contributed by atoms with van der Waals surface area (Å²) in [6.45, 7) is 8.56. The fraction of sp³-hybridized carbons (Fsp3) is 0.714. The zero-order chi connectivity index (χ0) is 14.4. The average Bonchev–Trinajstić information content (AvgIpc) is 2.97. The normalized spacial score (nSPS) is 20.5. The van der Waals surface area contributed by atoms with Gasteiger partial charge < -0.3 is 14.8 Å². The summed E-state index contributed by atoms with van der Waals surface area (Å²) in [6.07, 6.45) is 5.64. The highest BCUT2D eigenvalue weighted by molar-refractivity contribution is 8.00. The standard InChI is InChI=1S/C14H25N5S/c1-12(2)13-10-19(8-9-20-13)14(15-3)17-5-7-18-6-4-16-11-18/h4,6,11-13H,5,7-10H2,1-3H3,(H,15,17). The van der Waals surface area contributed by atoms with Crippen molar-refractivity contribution in [1.82, 2.24) is 19.8 Å². The summed E-state index contributed by atoms with van der Waals surface area (Å²) >= 11 is 2.09. The predicted molar refractivity (Wildman–Crippen MR) is 86.2 cm³/mol. The second kappa shape index (κ2) is 7.57. The van der Waals surface area contributed by atoms with Crippen LogP contribution in [0.3, 0.4) is 0 Å². The van der Waals surface area contributed by atoms with Gasteiger partial charge in [0.2, 0.25) is 0 Å². The van der Waals surface area contributed by atoms with Crippen molar-refractivity contribution in [2.24, 2.45) is 10.9 Å². The molecule has 1 aromatic heterocycles. The molecule has 1 unspecified atom stereocenters. The Bertz CT molecular complexity index is 415. The van der Waals surface area contributed by atoms with E-state index in [-0.39, 0.29) is 0 Å². The molecule has 112 valence electrons. The molecule has 0 amide bonds. The van der Waals surface area contributed by atoms with E-state index >= 15 is 0 Å². The van der Waals surface area contributed by atoms with Crippen LogP contribution >= 0.6 is 11.8 Å². The first-order chi connectivity index (χ1) is 9.70. The highest BCUT2D eigenvalue weighted by atomic mass is 32.2. The molecule has 1 atom stereocenters. The molecular formula is C14H25N5S. The Morgan fingerprint density at radius 2 is 2.40 bits per heavy atom. The highest BCUT2D eigenvalue weighted by Gasteiger charge is 2.24. The Morgan fingerprint density at radius 1 is 1.55 bits per heavy atom. The van der Waals surface area contributed by atoms with Crippen molar-refractivity contribution in [2.45, 2.75) is 25.6 Å². The van der Waals surface area contributed by atoms with E-state index in [1.54, 1.807) is 0 Å². The van der Waals surface area contributed by atoms with Gasteiger partial charge in [-0.2, -0.15) is 11.8 Å². The number of nitrogens with one attached hydrogen (secondary N) is 1. The molecular weight excluding hydrogens is 270 g/mol. The van der Waals surface area contributed by atoms with Gasteiger partial charge in [0.05, 0.1) is 6.33 Å². The first-order valence-electron chi connectivity index (χ1n) is 7.23. The van der Waals surface area contributed by atoms with Gasteiger partial charge in [0.25, 0.3) is 0 Å². The number of aromatic nitrogens is 2. The lowest BCUT2D eigenvalue weighted by Crippen LogP contribution is -2.49. The van der Waals surface area contributed by atoms with E-state index in [2.05, 4.69) is 50.4 Å². The van der Waals surface area contributed by atoms with E-state index in [9.17, 15) is 0 Å². The zero-order valence-corrected chi connectivity index (χ0v) is 13.4. The van der Waals surface area contributed by atoms with Crippen LogP contribution in [0.25, 0.3) is 0 Å². The van der Waals surface area contributed by atoms with Crippen LogP contribution in [0, 0.1) is 5.92 Å². The van der Waals surface area contributed by atoms with Crippen molar-refractivity contribution in [3.63, 3.8) is 0 Å². The molecule has 2 heterocycles. The van der Waals surface area contributed by atoms with Gasteiger partial charge in [-0.15, -0.1) is 0 Å². The molecule has 1 aliphatic heterocycles. The fourth-order valence-corrected chi connectivity index (χ4v) is 3.62. The first kappa shape index (κ1) is 15.2. The molecule has 5 nitrogen and oxygen atoms in total. The molecule has 0 aliphatic carbocycles. The van der Waals surface area contributed by atoms with Gasteiger partial charge in [-0.1, -0.05) is 13.8 Å². The van der Waals surface area contributed by atoms with E-state index in [4.69, 9.17) is 0 Å². The summed E-state index contributed by atoms with van der Waals surface area (Å²) in [7, 11) is 1.87. The lowest BCUT2D eigenvalue weighted by Gasteiger charge is -2.36. The van der Waals surface area contributed by atoms with E-state index in [0.29, 0.717) is 11.2 Å². The molecule has 1 saturated heterocycles. The van der Waals surface area contributed by atoms with Crippen LogP contribution in [0.4, 0.5) is 0 Å². The van der Waals surface area contributed by atoms with E-state index < -0.39 is 0 Å². The third-order valence-corrected chi connectivity index (χ3v) is 5.10. The lowest BCUT2D eigenvalue weighted by molar-refractivity contribution is 0.380. The van der Waals surface area contributed by atoms with Gasteiger partial charge in [0.1, 0.15) is 0 Å². The fourth-order valence-electron chi connectivity index (χ4n) is 2.32. The molecule has 2 rings (SSSR count). The van der Waals surface area contributed by atoms with Crippen molar-refractivity contribution in [3.8, 4) is 0 Å². The summed E-state index contributed by atoms with van der Waals surface area (Å²) in [5.74, 6) is 2.92. The molecule has 1 N–H and O–H groups in total. The van der Waals surface area contributed by atoms with Gasteiger partial charge in [0.15, 0.2) is 5.96 Å². The molecule has 1 aliphatic rings. The van der Waals surface area contributed by atoms with Crippen LogP contribution in [0.1, 0.15) is 13.8 Å². The average molecular weight is 295 g/mol. The van der Waals surface area contributed by atoms with Gasteiger partial charge in [0, 0.05) is 56.6 Å². The van der Waals surface area contributed by atoms with Gasteiger partial charge in [-0.05, 0) is 5.92 Å². The second-order valence-corrected chi connectivity index (χ2v) is 6.72. The van der Waals surface area contributed by atoms with Crippen molar-refractivity contribution in [3.05, 3.63) is 18.7 Å². The third-order valence-electron chi connectivity index (χ3n) is 3.56. The Balaban J connectivity index is 1.82. The molecule has 1 aromatic rings. The van der Waals surface area contributed by atoms with Crippen molar-refractivity contribution >= 4 is 17.7 Å². The zero-order valence-electron chi connectivity index (χ0n) is 12.6. The van der Waals surface area contributed by atoms with E-state index in [1.165, 1.54) is 5.75 Å². The number of hydrogen-bond donors (Lipinski definition) is 1. The van der Waals surface area contributed by atoms with Gasteiger partial charge in [-0.25, -0.2) is 4.98 Å². The number of guanidine groups is 1. The van der Waals surface area contributed by atoms with Crippen molar-refractivity contribution < 1.29 is 0 Å². The first-order valence-corrected chi connectivity index (χ1v) is 8.28. The maximum absolute atomic E-state index is 4.42. The van der Waals surface area contributed by atoms with E-state index in [1.807, 2.05) is 25.8 Å². The van der Waals surface area contributed by atoms with Crippen LogP contribution in [0.15, 0.2) is 23.7 Å². The van der Waals surface area contributed by atoms with Crippen molar-refractivity contribution in [2.75, 3.05) is 32.4 Å². The minimum Gasteiger partial charge on any atom is -0.354 e. The maximum Gasteiger partial charge on any atom is 0.193 e. The third kappa shape index (κ3) is 4.16. The molecule has 6 heteroatoms. The smallest absolute Gasteiger partial charge is 0.193 e. The summed E-state index contributed by atoms with van der Waals surface area (Å²) in [5.41, 5.74) is 0.